The van der Waals surface area contributed by atoms with Crippen molar-refractivity contribution in [2.24, 2.45) is 0 Å². The Hall–Kier alpha value is -4.06. The van der Waals surface area contributed by atoms with Crippen LogP contribution in [0.3, 0.4) is 0 Å². The second-order valence-corrected chi connectivity index (χ2v) is 7.00. The van der Waals surface area contributed by atoms with E-state index in [4.69, 9.17) is 9.47 Å². The molecule has 4 aromatic rings. The lowest BCUT2D eigenvalue weighted by Crippen LogP contribution is -2.27. The maximum absolute atomic E-state index is 12.5. The molecule has 1 aromatic heterocycles. The highest BCUT2D eigenvalue weighted by Gasteiger charge is 2.21. The topological polar surface area (TPSA) is 80.4 Å². The second-order valence-electron chi connectivity index (χ2n) is 7.00. The number of hydrogen-bond donors (Lipinski definition) is 2. The standard InChI is InChI=1S/C25H22N2O4/c1-26-25(29)24(28)21-14-27-23-20(21)12-19(30-15-17-8-4-2-5-9-17)13-22(23)31-16-18-10-6-3-7-11-18/h2-14,27H,15-16H2,1H3,(H,26,29). The van der Waals surface area contributed by atoms with Gasteiger partial charge in [0.05, 0.1) is 11.1 Å². The number of fused-ring (bicyclic) bond motifs is 1. The van der Waals surface area contributed by atoms with Crippen molar-refractivity contribution in [3.63, 3.8) is 0 Å². The Morgan fingerprint density at radius 2 is 1.48 bits per heavy atom. The van der Waals surface area contributed by atoms with Crippen LogP contribution in [0.2, 0.25) is 0 Å². The number of carbonyl (C=O) groups excluding carboxylic acids is 2. The van der Waals surface area contributed by atoms with Gasteiger partial charge in [-0.1, -0.05) is 60.7 Å². The molecular weight excluding hydrogens is 392 g/mol. The third-order valence-electron chi connectivity index (χ3n) is 4.89. The van der Waals surface area contributed by atoms with Crippen LogP contribution in [-0.2, 0) is 18.0 Å². The van der Waals surface area contributed by atoms with E-state index >= 15 is 0 Å². The van der Waals surface area contributed by atoms with Crippen LogP contribution in [0.4, 0.5) is 0 Å². The molecule has 0 spiro atoms. The summed E-state index contributed by atoms with van der Waals surface area (Å²) in [5.41, 5.74) is 2.93. The van der Waals surface area contributed by atoms with Gasteiger partial charge in [0.15, 0.2) is 0 Å². The van der Waals surface area contributed by atoms with Crippen molar-refractivity contribution in [1.29, 1.82) is 0 Å². The summed E-state index contributed by atoms with van der Waals surface area (Å²) in [5.74, 6) is -0.212. The van der Waals surface area contributed by atoms with Gasteiger partial charge in [-0.2, -0.15) is 0 Å². The van der Waals surface area contributed by atoms with Crippen LogP contribution in [0, 0.1) is 0 Å². The summed E-state index contributed by atoms with van der Waals surface area (Å²) in [5, 5.41) is 2.95. The first-order valence-electron chi connectivity index (χ1n) is 9.90. The molecule has 0 saturated carbocycles. The molecule has 6 heteroatoms. The molecule has 0 saturated heterocycles. The Bertz CT molecular complexity index is 1200. The van der Waals surface area contributed by atoms with Crippen LogP contribution in [0.25, 0.3) is 10.9 Å². The lowest BCUT2D eigenvalue weighted by atomic mass is 10.1. The average Bonchev–Trinajstić information content (AvgIpc) is 3.25. The molecule has 156 valence electrons. The predicted molar refractivity (Wildman–Crippen MR) is 118 cm³/mol. The molecule has 2 N–H and O–H groups in total. The fourth-order valence-electron chi connectivity index (χ4n) is 3.27. The summed E-state index contributed by atoms with van der Waals surface area (Å²) in [7, 11) is 1.43. The first kappa shape index (κ1) is 20.2. The lowest BCUT2D eigenvalue weighted by molar-refractivity contribution is -0.116. The van der Waals surface area contributed by atoms with E-state index in [-0.39, 0.29) is 5.56 Å². The van der Waals surface area contributed by atoms with E-state index in [0.717, 1.165) is 11.1 Å². The van der Waals surface area contributed by atoms with E-state index < -0.39 is 11.7 Å². The molecule has 6 nitrogen and oxygen atoms in total. The largest absolute Gasteiger partial charge is 0.489 e. The van der Waals surface area contributed by atoms with Gasteiger partial charge in [0.25, 0.3) is 11.7 Å². The maximum Gasteiger partial charge on any atom is 0.292 e. The van der Waals surface area contributed by atoms with Crippen molar-refractivity contribution in [2.75, 3.05) is 7.05 Å². The van der Waals surface area contributed by atoms with Crippen molar-refractivity contribution >= 4 is 22.6 Å². The quantitative estimate of drug-likeness (QED) is 0.334. The SMILES string of the molecule is CNC(=O)C(=O)c1c[nH]c2c(OCc3ccccc3)cc(OCc3ccccc3)cc12. The van der Waals surface area contributed by atoms with Crippen molar-refractivity contribution in [3.8, 4) is 11.5 Å². The number of benzene rings is 3. The van der Waals surface area contributed by atoms with Gasteiger partial charge in [0, 0.05) is 24.7 Å². The van der Waals surface area contributed by atoms with Gasteiger partial charge in [0.1, 0.15) is 24.7 Å². The predicted octanol–water partition coefficient (Wildman–Crippen LogP) is 4.25. The molecule has 0 atom stereocenters. The van der Waals surface area contributed by atoms with E-state index in [1.54, 1.807) is 12.1 Å². The Balaban J connectivity index is 1.68. The van der Waals surface area contributed by atoms with Crippen molar-refractivity contribution in [3.05, 3.63) is 95.7 Å². The van der Waals surface area contributed by atoms with Crippen molar-refractivity contribution < 1.29 is 19.1 Å². The van der Waals surface area contributed by atoms with Crippen LogP contribution in [0.5, 0.6) is 11.5 Å². The zero-order valence-electron chi connectivity index (χ0n) is 17.1. The van der Waals surface area contributed by atoms with Crippen molar-refractivity contribution in [1.82, 2.24) is 10.3 Å². The number of amides is 1. The third-order valence-corrected chi connectivity index (χ3v) is 4.89. The first-order chi connectivity index (χ1) is 15.2. The molecule has 0 aliphatic carbocycles. The summed E-state index contributed by atoms with van der Waals surface area (Å²) < 4.78 is 12.0. The number of carbonyl (C=O) groups is 2. The second kappa shape index (κ2) is 9.17. The number of rotatable bonds is 8. The highest BCUT2D eigenvalue weighted by atomic mass is 16.5. The lowest BCUT2D eigenvalue weighted by Gasteiger charge is -2.12. The minimum absolute atomic E-state index is 0.268. The molecule has 0 radical (unpaired) electrons. The summed E-state index contributed by atoms with van der Waals surface area (Å²) in [6.07, 6.45) is 1.53. The average molecular weight is 414 g/mol. The normalized spacial score (nSPS) is 10.6. The zero-order chi connectivity index (χ0) is 21.6. The molecule has 0 aliphatic heterocycles. The van der Waals surface area contributed by atoms with Crippen LogP contribution in [0.1, 0.15) is 21.5 Å². The van der Waals surface area contributed by atoms with Gasteiger partial charge in [-0.05, 0) is 17.2 Å². The van der Waals surface area contributed by atoms with Gasteiger partial charge in [-0.25, -0.2) is 0 Å². The summed E-state index contributed by atoms with van der Waals surface area (Å²) in [6, 6.07) is 23.1. The summed E-state index contributed by atoms with van der Waals surface area (Å²) >= 11 is 0. The number of Topliss-reactive ketones (excluding diaryl/α,β-unsaturated/α-hetero) is 1. The molecule has 4 rings (SSSR count). The number of aromatic nitrogens is 1. The van der Waals surface area contributed by atoms with Gasteiger partial charge in [-0.15, -0.1) is 0 Å². The molecule has 0 bridgehead atoms. The van der Waals surface area contributed by atoms with Gasteiger partial charge in [-0.3, -0.25) is 9.59 Å². The molecular formula is C25H22N2O4. The number of ketones is 1. The van der Waals surface area contributed by atoms with Crippen LogP contribution >= 0.6 is 0 Å². The molecule has 0 unspecified atom stereocenters. The summed E-state index contributed by atoms with van der Waals surface area (Å²) in [6.45, 7) is 0.726. The number of H-pyrrole nitrogens is 1. The van der Waals surface area contributed by atoms with E-state index in [0.29, 0.717) is 35.6 Å². The number of aromatic amines is 1. The highest BCUT2D eigenvalue weighted by Crippen LogP contribution is 2.34. The number of ether oxygens (including phenoxy) is 2. The van der Waals surface area contributed by atoms with Crippen molar-refractivity contribution in [2.45, 2.75) is 13.2 Å². The Labute approximate surface area is 179 Å². The van der Waals surface area contributed by atoms with Crippen LogP contribution in [0.15, 0.2) is 79.0 Å². The smallest absolute Gasteiger partial charge is 0.292 e. The van der Waals surface area contributed by atoms with Gasteiger partial charge < -0.3 is 19.8 Å². The van der Waals surface area contributed by atoms with E-state index in [1.807, 2.05) is 60.7 Å². The molecule has 1 heterocycles. The number of hydrogen-bond acceptors (Lipinski definition) is 4. The minimum atomic E-state index is -0.678. The van der Waals surface area contributed by atoms with E-state index in [9.17, 15) is 9.59 Å². The minimum Gasteiger partial charge on any atom is -0.489 e. The molecule has 0 fully saturated rings. The number of likely N-dealkylation sites (N-methyl/N-ethyl adjacent to an activating group) is 1. The van der Waals surface area contributed by atoms with E-state index in [1.165, 1.54) is 13.2 Å². The molecule has 1 amide bonds. The Morgan fingerprint density at radius 1 is 0.871 bits per heavy atom. The summed E-state index contributed by atoms with van der Waals surface area (Å²) in [4.78, 5) is 27.5. The van der Waals surface area contributed by atoms with Gasteiger partial charge in [0.2, 0.25) is 0 Å². The fraction of sp³-hybridized carbons (Fsp3) is 0.120. The highest BCUT2D eigenvalue weighted by molar-refractivity contribution is 6.45. The Morgan fingerprint density at radius 3 is 2.10 bits per heavy atom. The van der Waals surface area contributed by atoms with Gasteiger partial charge >= 0.3 is 0 Å². The van der Waals surface area contributed by atoms with Crippen LogP contribution in [-0.4, -0.2) is 23.7 Å². The van der Waals surface area contributed by atoms with E-state index in [2.05, 4.69) is 10.3 Å². The number of nitrogens with one attached hydrogen (secondary N) is 2. The zero-order valence-corrected chi connectivity index (χ0v) is 17.1. The molecule has 0 aliphatic rings. The third kappa shape index (κ3) is 4.59. The monoisotopic (exact) mass is 414 g/mol. The maximum atomic E-state index is 12.5. The molecule has 3 aromatic carbocycles. The Kier molecular flexibility index (Phi) is 5.98. The molecule has 31 heavy (non-hydrogen) atoms. The first-order valence-corrected chi connectivity index (χ1v) is 9.90. The fourth-order valence-corrected chi connectivity index (χ4v) is 3.27. The van der Waals surface area contributed by atoms with Crippen LogP contribution < -0.4 is 14.8 Å².